The van der Waals surface area contributed by atoms with Crippen molar-refractivity contribution in [1.29, 1.82) is 0 Å². The maximum absolute atomic E-state index is 13.0. The Balaban J connectivity index is 1.40. The van der Waals surface area contributed by atoms with Gasteiger partial charge in [-0.05, 0) is 36.2 Å². The van der Waals surface area contributed by atoms with E-state index in [2.05, 4.69) is 15.2 Å². The number of amides is 2. The fraction of sp³-hybridized carbons (Fsp3) is 0.458. The van der Waals surface area contributed by atoms with Crippen molar-refractivity contribution in [3.63, 3.8) is 0 Å². The lowest BCUT2D eigenvalue weighted by molar-refractivity contribution is -0.140. The molecule has 8 nitrogen and oxygen atoms in total. The molecule has 0 saturated carbocycles. The van der Waals surface area contributed by atoms with E-state index >= 15 is 0 Å². The molecule has 170 valence electrons. The first-order chi connectivity index (χ1) is 15.4. The third-order valence-corrected chi connectivity index (χ3v) is 6.25. The zero-order chi connectivity index (χ0) is 22.7. The van der Waals surface area contributed by atoms with Gasteiger partial charge in [0.25, 0.3) is 5.91 Å². The maximum atomic E-state index is 13.0. The van der Waals surface area contributed by atoms with E-state index in [4.69, 9.17) is 9.47 Å². The summed E-state index contributed by atoms with van der Waals surface area (Å²) in [7, 11) is 0. The van der Waals surface area contributed by atoms with Crippen molar-refractivity contribution in [2.75, 3.05) is 37.9 Å². The molecule has 2 aliphatic rings. The highest BCUT2D eigenvalue weighted by Crippen LogP contribution is 2.32. The second-order valence-corrected chi connectivity index (χ2v) is 8.76. The highest BCUT2D eigenvalue weighted by Gasteiger charge is 2.33. The molecule has 32 heavy (non-hydrogen) atoms. The highest BCUT2D eigenvalue weighted by molar-refractivity contribution is 5.99. The summed E-state index contributed by atoms with van der Waals surface area (Å²) in [6.07, 6.45) is 2.50. The molecule has 3 heterocycles. The second-order valence-electron chi connectivity index (χ2n) is 8.76. The van der Waals surface area contributed by atoms with Crippen LogP contribution in [-0.2, 0) is 11.3 Å². The minimum Gasteiger partial charge on any atom is -0.454 e. The molecule has 1 fully saturated rings. The predicted molar refractivity (Wildman–Crippen MR) is 121 cm³/mol. The smallest absolute Gasteiger partial charge is 0.255 e. The lowest BCUT2D eigenvalue weighted by atomic mass is 9.88. The Kier molecular flexibility index (Phi) is 6.21. The van der Waals surface area contributed by atoms with Crippen molar-refractivity contribution in [2.45, 2.75) is 33.7 Å². The Morgan fingerprint density at radius 1 is 1.09 bits per heavy atom. The molecule has 4 rings (SSSR count). The van der Waals surface area contributed by atoms with E-state index in [0.29, 0.717) is 49.9 Å². The topological polar surface area (TPSA) is 84.0 Å². The molecule has 2 aromatic rings. The molecule has 2 aliphatic heterocycles. The van der Waals surface area contributed by atoms with E-state index < -0.39 is 0 Å². The number of nitrogens with zero attached hydrogens (tertiary/aromatic N) is 3. The first-order valence-electron chi connectivity index (χ1n) is 11.0. The third kappa shape index (κ3) is 4.49. The van der Waals surface area contributed by atoms with Gasteiger partial charge in [-0.3, -0.25) is 9.59 Å². The first-order valence-corrected chi connectivity index (χ1v) is 11.0. The number of fused-ring (bicyclic) bond motifs is 1. The summed E-state index contributed by atoms with van der Waals surface area (Å²) in [5.74, 6) is 2.06. The number of hydrogen-bond donors (Lipinski definition) is 1. The molecule has 0 bridgehead atoms. The molecule has 0 aliphatic carbocycles. The zero-order valence-corrected chi connectivity index (χ0v) is 18.9. The van der Waals surface area contributed by atoms with Gasteiger partial charge in [-0.25, -0.2) is 4.98 Å². The number of anilines is 1. The Bertz CT molecular complexity index is 999. The van der Waals surface area contributed by atoms with Crippen molar-refractivity contribution in [1.82, 2.24) is 15.2 Å². The highest BCUT2D eigenvalue weighted by atomic mass is 16.7. The normalized spacial score (nSPS) is 15.6. The van der Waals surface area contributed by atoms with Gasteiger partial charge in [-0.15, -0.1) is 0 Å². The quantitative estimate of drug-likeness (QED) is 0.747. The van der Waals surface area contributed by atoms with Crippen LogP contribution in [0.15, 0.2) is 36.5 Å². The standard InChI is InChI=1S/C24H30N4O4/c1-4-24(2,3)23(30)28-12-10-27(11-13-28)21-18(6-5-9-25-21)22(29)26-15-17-7-8-19-20(14-17)32-16-31-19/h5-9,14H,4,10-13,15-16H2,1-3H3,(H,26,29). The number of carbonyl (C=O) groups is 2. The number of aromatic nitrogens is 1. The van der Waals surface area contributed by atoms with Gasteiger partial charge in [0.15, 0.2) is 11.5 Å². The Labute approximate surface area is 188 Å². The van der Waals surface area contributed by atoms with Gasteiger partial charge < -0.3 is 24.6 Å². The molecular weight excluding hydrogens is 408 g/mol. The van der Waals surface area contributed by atoms with Gasteiger partial charge in [0.2, 0.25) is 12.7 Å². The lowest BCUT2D eigenvalue weighted by Gasteiger charge is -2.39. The van der Waals surface area contributed by atoms with Crippen LogP contribution in [0.25, 0.3) is 0 Å². The van der Waals surface area contributed by atoms with Crippen molar-refractivity contribution in [2.24, 2.45) is 5.41 Å². The minimum atomic E-state index is -0.354. The summed E-state index contributed by atoms with van der Waals surface area (Å²) in [5, 5.41) is 2.97. The van der Waals surface area contributed by atoms with Crippen LogP contribution in [0.4, 0.5) is 5.82 Å². The van der Waals surface area contributed by atoms with E-state index in [0.717, 1.165) is 17.7 Å². The molecule has 1 N–H and O–H groups in total. The van der Waals surface area contributed by atoms with Crippen molar-refractivity contribution in [3.05, 3.63) is 47.7 Å². The number of nitrogens with one attached hydrogen (secondary N) is 1. The summed E-state index contributed by atoms with van der Waals surface area (Å²) in [5.41, 5.74) is 1.10. The average molecular weight is 439 g/mol. The molecule has 0 unspecified atom stereocenters. The van der Waals surface area contributed by atoms with Crippen LogP contribution < -0.4 is 19.7 Å². The summed E-state index contributed by atoms with van der Waals surface area (Å²) >= 11 is 0. The number of piperazine rings is 1. The van der Waals surface area contributed by atoms with E-state index in [9.17, 15) is 9.59 Å². The zero-order valence-electron chi connectivity index (χ0n) is 18.9. The molecule has 0 atom stereocenters. The van der Waals surface area contributed by atoms with E-state index in [-0.39, 0.29) is 24.0 Å². The van der Waals surface area contributed by atoms with Crippen LogP contribution in [0.2, 0.25) is 0 Å². The number of rotatable bonds is 6. The number of benzene rings is 1. The van der Waals surface area contributed by atoms with Crippen molar-refractivity contribution >= 4 is 17.6 Å². The Morgan fingerprint density at radius 2 is 1.84 bits per heavy atom. The van der Waals surface area contributed by atoms with E-state index in [1.54, 1.807) is 18.3 Å². The number of pyridine rings is 1. The maximum Gasteiger partial charge on any atom is 0.255 e. The van der Waals surface area contributed by atoms with Gasteiger partial charge in [0.05, 0.1) is 5.56 Å². The Morgan fingerprint density at radius 3 is 2.59 bits per heavy atom. The summed E-state index contributed by atoms with van der Waals surface area (Å²) < 4.78 is 10.7. The van der Waals surface area contributed by atoms with Crippen LogP contribution in [0.3, 0.4) is 0 Å². The third-order valence-electron chi connectivity index (χ3n) is 6.25. The number of hydrogen-bond acceptors (Lipinski definition) is 6. The van der Waals surface area contributed by atoms with Crippen LogP contribution in [-0.4, -0.2) is 54.7 Å². The summed E-state index contributed by atoms with van der Waals surface area (Å²) in [6, 6.07) is 9.18. The first kappa shape index (κ1) is 21.9. The number of ether oxygens (including phenoxy) is 2. The minimum absolute atomic E-state index is 0.183. The van der Waals surface area contributed by atoms with Gasteiger partial charge in [0, 0.05) is 44.3 Å². The van der Waals surface area contributed by atoms with Crippen LogP contribution in [0.1, 0.15) is 43.1 Å². The molecule has 2 amide bonds. The molecule has 0 spiro atoms. The van der Waals surface area contributed by atoms with E-state index in [1.807, 2.05) is 43.9 Å². The molecule has 0 radical (unpaired) electrons. The average Bonchev–Trinajstić information content (AvgIpc) is 3.30. The largest absolute Gasteiger partial charge is 0.454 e. The lowest BCUT2D eigenvalue weighted by Crippen LogP contribution is -2.52. The second kappa shape index (κ2) is 9.06. The molecule has 1 saturated heterocycles. The molecule has 1 aromatic carbocycles. The van der Waals surface area contributed by atoms with Crippen LogP contribution in [0, 0.1) is 5.41 Å². The van der Waals surface area contributed by atoms with Gasteiger partial charge in [-0.1, -0.05) is 26.8 Å². The van der Waals surface area contributed by atoms with Gasteiger partial charge >= 0.3 is 0 Å². The summed E-state index contributed by atoms with van der Waals surface area (Å²) in [4.78, 5) is 34.2. The van der Waals surface area contributed by atoms with Crippen LogP contribution in [0.5, 0.6) is 11.5 Å². The van der Waals surface area contributed by atoms with Crippen LogP contribution >= 0.6 is 0 Å². The Hall–Kier alpha value is -3.29. The molecular formula is C24H30N4O4. The van der Waals surface area contributed by atoms with Crippen molar-refractivity contribution < 1.29 is 19.1 Å². The molecule has 8 heteroatoms. The van der Waals surface area contributed by atoms with Crippen molar-refractivity contribution in [3.8, 4) is 11.5 Å². The summed E-state index contributed by atoms with van der Waals surface area (Å²) in [6.45, 7) is 9.14. The van der Waals surface area contributed by atoms with Gasteiger partial charge in [-0.2, -0.15) is 0 Å². The SMILES string of the molecule is CCC(C)(C)C(=O)N1CCN(c2ncccc2C(=O)NCc2ccc3c(c2)OCO3)CC1. The fourth-order valence-electron chi connectivity index (χ4n) is 3.86. The predicted octanol–water partition coefficient (Wildman–Crippen LogP) is 2.83. The molecule has 1 aromatic heterocycles. The monoisotopic (exact) mass is 438 g/mol. The van der Waals surface area contributed by atoms with E-state index in [1.165, 1.54) is 0 Å². The fourth-order valence-corrected chi connectivity index (χ4v) is 3.86. The number of carbonyl (C=O) groups excluding carboxylic acids is 2. The van der Waals surface area contributed by atoms with Gasteiger partial charge in [0.1, 0.15) is 5.82 Å².